The van der Waals surface area contributed by atoms with E-state index in [4.69, 9.17) is 9.84 Å². The maximum absolute atomic E-state index is 10.7. The first kappa shape index (κ1) is 11.9. The van der Waals surface area contributed by atoms with E-state index in [1.807, 2.05) is 17.0 Å². The van der Waals surface area contributed by atoms with Crippen LogP contribution in [0.15, 0.2) is 18.2 Å². The van der Waals surface area contributed by atoms with Gasteiger partial charge < -0.3 is 9.84 Å². The van der Waals surface area contributed by atoms with Crippen molar-refractivity contribution in [3.8, 4) is 5.75 Å². The van der Waals surface area contributed by atoms with Crippen molar-refractivity contribution in [3.63, 3.8) is 0 Å². The van der Waals surface area contributed by atoms with Crippen LogP contribution in [0.25, 0.3) is 0 Å². The van der Waals surface area contributed by atoms with Crippen LogP contribution in [0.5, 0.6) is 5.75 Å². The van der Waals surface area contributed by atoms with Gasteiger partial charge in [0.05, 0.1) is 13.7 Å². The molecular weight excluding hydrogens is 218 g/mol. The molecular formula is C13H17NO3. The number of carbonyl (C=O) groups is 1. The van der Waals surface area contributed by atoms with E-state index in [1.54, 1.807) is 7.11 Å². The van der Waals surface area contributed by atoms with Gasteiger partial charge in [-0.15, -0.1) is 0 Å². The molecule has 0 fully saturated rings. The van der Waals surface area contributed by atoms with E-state index in [0.29, 0.717) is 6.54 Å². The lowest BCUT2D eigenvalue weighted by molar-refractivity contribution is -0.138. The van der Waals surface area contributed by atoms with E-state index in [-0.39, 0.29) is 6.54 Å². The van der Waals surface area contributed by atoms with Gasteiger partial charge in [-0.05, 0) is 42.6 Å². The lowest BCUT2D eigenvalue weighted by Crippen LogP contribution is -2.29. The third kappa shape index (κ3) is 2.97. The normalized spacial score (nSPS) is 16.1. The van der Waals surface area contributed by atoms with Crippen molar-refractivity contribution in [2.24, 2.45) is 0 Å². The second kappa shape index (κ2) is 5.19. The van der Waals surface area contributed by atoms with Crippen molar-refractivity contribution in [1.29, 1.82) is 0 Å². The fraction of sp³-hybridized carbons (Fsp3) is 0.462. The number of carboxylic acid groups (broad SMARTS) is 1. The number of rotatable bonds is 3. The van der Waals surface area contributed by atoms with Gasteiger partial charge in [-0.1, -0.05) is 6.07 Å². The SMILES string of the molecule is COc1ccc2c(c1)CCCN(CC(=O)O)C2. The minimum absolute atomic E-state index is 0.117. The number of hydrogen-bond donors (Lipinski definition) is 1. The molecule has 0 aliphatic carbocycles. The Bertz CT molecular complexity index is 417. The van der Waals surface area contributed by atoms with Crippen molar-refractivity contribution in [1.82, 2.24) is 4.90 Å². The highest BCUT2D eigenvalue weighted by Gasteiger charge is 2.16. The minimum Gasteiger partial charge on any atom is -0.497 e. The van der Waals surface area contributed by atoms with Gasteiger partial charge in [-0.2, -0.15) is 0 Å². The van der Waals surface area contributed by atoms with Crippen LogP contribution in [0, 0.1) is 0 Å². The highest BCUT2D eigenvalue weighted by Crippen LogP contribution is 2.23. The van der Waals surface area contributed by atoms with Gasteiger partial charge in [0.2, 0.25) is 0 Å². The van der Waals surface area contributed by atoms with Crippen molar-refractivity contribution in [3.05, 3.63) is 29.3 Å². The Balaban J connectivity index is 2.17. The largest absolute Gasteiger partial charge is 0.497 e. The lowest BCUT2D eigenvalue weighted by Gasteiger charge is -2.17. The molecule has 1 aromatic carbocycles. The summed E-state index contributed by atoms with van der Waals surface area (Å²) in [5, 5.41) is 8.83. The number of fused-ring (bicyclic) bond motifs is 1. The van der Waals surface area contributed by atoms with Gasteiger partial charge >= 0.3 is 5.97 Å². The maximum atomic E-state index is 10.7. The summed E-state index contributed by atoms with van der Waals surface area (Å²) >= 11 is 0. The fourth-order valence-electron chi connectivity index (χ4n) is 2.26. The highest BCUT2D eigenvalue weighted by molar-refractivity contribution is 5.69. The number of benzene rings is 1. The Hall–Kier alpha value is -1.55. The molecule has 92 valence electrons. The number of aryl methyl sites for hydroxylation is 1. The summed E-state index contributed by atoms with van der Waals surface area (Å²) in [6.45, 7) is 1.67. The smallest absolute Gasteiger partial charge is 0.317 e. The average Bonchev–Trinajstić information content (AvgIpc) is 2.48. The molecule has 0 aromatic heterocycles. The summed E-state index contributed by atoms with van der Waals surface area (Å²) in [6, 6.07) is 6.02. The molecule has 0 atom stereocenters. The number of hydrogen-bond acceptors (Lipinski definition) is 3. The summed E-state index contributed by atoms with van der Waals surface area (Å²) in [5.41, 5.74) is 2.49. The summed E-state index contributed by atoms with van der Waals surface area (Å²) in [4.78, 5) is 12.7. The lowest BCUT2D eigenvalue weighted by atomic mass is 10.0. The Morgan fingerprint density at radius 1 is 1.47 bits per heavy atom. The van der Waals surface area contributed by atoms with E-state index in [0.717, 1.165) is 25.1 Å². The number of ether oxygens (including phenoxy) is 1. The zero-order chi connectivity index (χ0) is 12.3. The molecule has 0 saturated heterocycles. The molecule has 1 aliphatic rings. The average molecular weight is 235 g/mol. The molecule has 4 heteroatoms. The highest BCUT2D eigenvalue weighted by atomic mass is 16.5. The number of aliphatic carboxylic acids is 1. The second-order valence-corrected chi connectivity index (χ2v) is 4.34. The van der Waals surface area contributed by atoms with Crippen molar-refractivity contribution in [2.75, 3.05) is 20.2 Å². The van der Waals surface area contributed by atoms with Crippen LogP contribution in [0.2, 0.25) is 0 Å². The zero-order valence-electron chi connectivity index (χ0n) is 9.98. The predicted molar refractivity (Wildman–Crippen MR) is 64.2 cm³/mol. The third-order valence-electron chi connectivity index (χ3n) is 3.09. The molecule has 0 unspecified atom stereocenters. The van der Waals surface area contributed by atoms with E-state index in [9.17, 15) is 4.79 Å². The molecule has 17 heavy (non-hydrogen) atoms. The summed E-state index contributed by atoms with van der Waals surface area (Å²) in [5.74, 6) is 0.109. The van der Waals surface area contributed by atoms with Gasteiger partial charge in [-0.25, -0.2) is 0 Å². The van der Waals surface area contributed by atoms with Crippen LogP contribution in [-0.4, -0.2) is 36.2 Å². The molecule has 1 aliphatic heterocycles. The van der Waals surface area contributed by atoms with Gasteiger partial charge in [0, 0.05) is 6.54 Å². The quantitative estimate of drug-likeness (QED) is 0.863. The standard InChI is InChI=1S/C13H17NO3/c1-17-12-5-4-11-8-14(9-13(15)16)6-2-3-10(11)7-12/h4-5,7H,2-3,6,8-9H2,1H3,(H,15,16). The molecule has 0 bridgehead atoms. The van der Waals surface area contributed by atoms with Crippen LogP contribution in [0.4, 0.5) is 0 Å². The molecule has 1 heterocycles. The maximum Gasteiger partial charge on any atom is 0.317 e. The number of methoxy groups -OCH3 is 1. The van der Waals surface area contributed by atoms with Crippen molar-refractivity contribution >= 4 is 5.97 Å². The first-order valence-corrected chi connectivity index (χ1v) is 5.79. The zero-order valence-corrected chi connectivity index (χ0v) is 9.98. The molecule has 1 aromatic rings. The fourth-order valence-corrected chi connectivity index (χ4v) is 2.26. The molecule has 0 saturated carbocycles. The number of carboxylic acids is 1. The Kier molecular flexibility index (Phi) is 3.64. The Morgan fingerprint density at radius 3 is 3.00 bits per heavy atom. The topological polar surface area (TPSA) is 49.8 Å². The molecule has 0 spiro atoms. The Morgan fingerprint density at radius 2 is 2.29 bits per heavy atom. The van der Waals surface area contributed by atoms with E-state index < -0.39 is 5.97 Å². The first-order valence-electron chi connectivity index (χ1n) is 5.79. The van der Waals surface area contributed by atoms with E-state index in [1.165, 1.54) is 11.1 Å². The van der Waals surface area contributed by atoms with Gasteiger partial charge in [0.1, 0.15) is 5.75 Å². The molecule has 2 rings (SSSR count). The predicted octanol–water partition coefficient (Wildman–Crippen LogP) is 1.53. The van der Waals surface area contributed by atoms with Gasteiger partial charge in [-0.3, -0.25) is 9.69 Å². The summed E-state index contributed by atoms with van der Waals surface area (Å²) in [7, 11) is 1.66. The summed E-state index contributed by atoms with van der Waals surface area (Å²) < 4.78 is 5.20. The summed E-state index contributed by atoms with van der Waals surface area (Å²) in [6.07, 6.45) is 1.98. The van der Waals surface area contributed by atoms with Gasteiger partial charge in [0.25, 0.3) is 0 Å². The van der Waals surface area contributed by atoms with E-state index in [2.05, 4.69) is 6.07 Å². The van der Waals surface area contributed by atoms with E-state index >= 15 is 0 Å². The molecule has 4 nitrogen and oxygen atoms in total. The van der Waals surface area contributed by atoms with Crippen LogP contribution in [-0.2, 0) is 17.8 Å². The monoisotopic (exact) mass is 235 g/mol. The Labute approximate surface area is 101 Å². The van der Waals surface area contributed by atoms with Crippen LogP contribution in [0.3, 0.4) is 0 Å². The third-order valence-corrected chi connectivity index (χ3v) is 3.09. The van der Waals surface area contributed by atoms with Crippen molar-refractivity contribution < 1.29 is 14.6 Å². The van der Waals surface area contributed by atoms with Crippen LogP contribution < -0.4 is 4.74 Å². The molecule has 0 amide bonds. The number of nitrogens with zero attached hydrogens (tertiary/aromatic N) is 1. The first-order chi connectivity index (χ1) is 8.19. The molecule has 0 radical (unpaired) electrons. The van der Waals surface area contributed by atoms with Crippen molar-refractivity contribution in [2.45, 2.75) is 19.4 Å². The minimum atomic E-state index is -0.762. The van der Waals surface area contributed by atoms with Crippen LogP contribution in [0.1, 0.15) is 17.5 Å². The van der Waals surface area contributed by atoms with Gasteiger partial charge in [0.15, 0.2) is 0 Å². The molecule has 1 N–H and O–H groups in total. The second-order valence-electron chi connectivity index (χ2n) is 4.34. The van der Waals surface area contributed by atoms with Crippen LogP contribution >= 0.6 is 0 Å².